The van der Waals surface area contributed by atoms with Crippen LogP contribution < -0.4 is 4.31 Å². The van der Waals surface area contributed by atoms with Crippen LogP contribution in [-0.4, -0.2) is 26.5 Å². The second-order valence-corrected chi connectivity index (χ2v) is 7.08. The third-order valence-corrected chi connectivity index (χ3v) is 5.01. The van der Waals surface area contributed by atoms with Crippen LogP contribution in [0.25, 0.3) is 0 Å². The highest BCUT2D eigenvalue weighted by Gasteiger charge is 2.26. The van der Waals surface area contributed by atoms with Gasteiger partial charge in [0.05, 0.1) is 11.3 Å². The van der Waals surface area contributed by atoms with Gasteiger partial charge in [-0.3, -0.25) is 4.31 Å². The lowest BCUT2D eigenvalue weighted by atomic mass is 10.0. The molecule has 0 aliphatic carbocycles. The summed E-state index contributed by atoms with van der Waals surface area (Å²) in [5.41, 5.74) is 1.36. The van der Waals surface area contributed by atoms with Crippen molar-refractivity contribution in [2.45, 2.75) is 24.9 Å². The number of anilines is 1. The Morgan fingerprint density at radius 2 is 1.82 bits per heavy atom. The summed E-state index contributed by atoms with van der Waals surface area (Å²) < 4.78 is 30.8. The zero-order chi connectivity index (χ0) is 16.5. The van der Waals surface area contributed by atoms with Crippen LogP contribution in [0.1, 0.15) is 35.7 Å². The number of hydrogen-bond donors (Lipinski definition) is 1. The molecule has 0 spiro atoms. The smallest absolute Gasteiger partial charge is 0.339 e. The van der Waals surface area contributed by atoms with Crippen molar-refractivity contribution in [3.63, 3.8) is 0 Å². The van der Waals surface area contributed by atoms with Crippen LogP contribution in [-0.2, 0) is 10.0 Å². The Labute approximate surface area is 129 Å². The van der Waals surface area contributed by atoms with Crippen LogP contribution >= 0.6 is 0 Å². The molecule has 0 atom stereocenters. The van der Waals surface area contributed by atoms with E-state index in [4.69, 9.17) is 9.52 Å². The first kappa shape index (κ1) is 16.1. The van der Waals surface area contributed by atoms with E-state index in [2.05, 4.69) is 0 Å². The van der Waals surface area contributed by atoms with Gasteiger partial charge in [0, 0.05) is 13.1 Å². The van der Waals surface area contributed by atoms with Gasteiger partial charge in [-0.25, -0.2) is 4.79 Å². The fourth-order valence-electron chi connectivity index (χ4n) is 1.91. The number of carboxylic acid groups (broad SMARTS) is 1. The minimum atomic E-state index is -3.93. The summed E-state index contributed by atoms with van der Waals surface area (Å²) in [6.07, 6.45) is 0.908. The molecular weight excluding hydrogens is 306 g/mol. The Hall–Kier alpha value is -2.28. The lowest BCUT2D eigenvalue weighted by molar-refractivity contribution is 0.0696. The van der Waals surface area contributed by atoms with Gasteiger partial charge in [-0.05, 0) is 23.6 Å². The Bertz CT molecular complexity index is 775. The first-order valence-corrected chi connectivity index (χ1v) is 8.08. The second-order valence-electron chi connectivity index (χ2n) is 5.18. The third-order valence-electron chi connectivity index (χ3n) is 3.36. The second kappa shape index (κ2) is 5.84. The van der Waals surface area contributed by atoms with Crippen LogP contribution in [0.2, 0.25) is 0 Å². The molecule has 0 amide bonds. The normalized spacial score (nSPS) is 11.6. The van der Waals surface area contributed by atoms with E-state index < -0.39 is 21.1 Å². The lowest BCUT2D eigenvalue weighted by Crippen LogP contribution is -2.26. The first-order valence-electron chi connectivity index (χ1n) is 6.64. The Morgan fingerprint density at radius 1 is 1.23 bits per heavy atom. The van der Waals surface area contributed by atoms with E-state index >= 15 is 0 Å². The summed E-state index contributed by atoms with van der Waals surface area (Å²) in [4.78, 5) is 10.8. The molecule has 0 aliphatic heterocycles. The predicted molar refractivity (Wildman–Crippen MR) is 81.8 cm³/mol. The number of carboxylic acids is 1. The van der Waals surface area contributed by atoms with Gasteiger partial charge in [0.15, 0.2) is 0 Å². The molecular formula is C15H17NO5S. The van der Waals surface area contributed by atoms with Crippen molar-refractivity contribution < 1.29 is 22.7 Å². The molecule has 2 aromatic rings. The fraction of sp³-hybridized carbons (Fsp3) is 0.267. The summed E-state index contributed by atoms with van der Waals surface area (Å²) in [5, 5.41) is 8.43. The van der Waals surface area contributed by atoms with Crippen LogP contribution in [0.15, 0.2) is 46.1 Å². The molecule has 1 heterocycles. The van der Waals surface area contributed by atoms with Gasteiger partial charge in [-0.2, -0.15) is 8.42 Å². The highest BCUT2D eigenvalue weighted by molar-refractivity contribution is 7.92. The largest absolute Gasteiger partial charge is 0.478 e. The number of rotatable bonds is 5. The Balaban J connectivity index is 2.33. The highest BCUT2D eigenvalue weighted by atomic mass is 32.2. The van der Waals surface area contributed by atoms with E-state index in [1.165, 1.54) is 7.05 Å². The van der Waals surface area contributed by atoms with E-state index in [0.29, 0.717) is 11.6 Å². The Kier molecular flexibility index (Phi) is 4.27. The molecule has 118 valence electrons. The van der Waals surface area contributed by atoms with Gasteiger partial charge in [-0.15, -0.1) is 0 Å². The molecule has 0 unspecified atom stereocenters. The lowest BCUT2D eigenvalue weighted by Gasteiger charge is -2.18. The van der Waals surface area contributed by atoms with Gasteiger partial charge in [0.25, 0.3) is 10.0 Å². The number of hydrogen-bond acceptors (Lipinski definition) is 4. The van der Waals surface area contributed by atoms with Gasteiger partial charge in [-0.1, -0.05) is 26.0 Å². The number of carbonyl (C=O) groups is 1. The molecule has 1 aromatic heterocycles. The van der Waals surface area contributed by atoms with Crippen LogP contribution in [0.5, 0.6) is 0 Å². The van der Waals surface area contributed by atoms with Gasteiger partial charge >= 0.3 is 5.97 Å². The number of sulfonamides is 1. The molecule has 1 aromatic carbocycles. The maximum absolute atomic E-state index is 12.4. The van der Waals surface area contributed by atoms with Crippen LogP contribution in [0, 0.1) is 0 Å². The van der Waals surface area contributed by atoms with Crippen molar-refractivity contribution in [3.05, 3.63) is 47.7 Å². The molecule has 6 nitrogen and oxygen atoms in total. The van der Waals surface area contributed by atoms with Gasteiger partial charge in [0.2, 0.25) is 5.09 Å². The molecule has 22 heavy (non-hydrogen) atoms. The average molecular weight is 323 g/mol. The number of benzene rings is 1. The maximum atomic E-state index is 12.4. The van der Waals surface area contributed by atoms with E-state index in [-0.39, 0.29) is 5.56 Å². The molecule has 1 N–H and O–H groups in total. The quantitative estimate of drug-likeness (QED) is 0.914. The molecule has 2 rings (SSSR count). The zero-order valence-electron chi connectivity index (χ0n) is 12.5. The molecule has 7 heteroatoms. The van der Waals surface area contributed by atoms with Crippen molar-refractivity contribution in [3.8, 4) is 0 Å². The van der Waals surface area contributed by atoms with E-state index in [0.717, 1.165) is 22.2 Å². The average Bonchev–Trinajstić information content (AvgIpc) is 2.97. The first-order chi connectivity index (χ1) is 10.2. The molecule has 0 radical (unpaired) electrons. The SMILES string of the molecule is CC(C)c1ccc(N(C)S(=O)(=O)c2cc(C(=O)O)co2)cc1. The molecule has 0 saturated carbocycles. The van der Waals surface area contributed by atoms with E-state index in [1.54, 1.807) is 12.1 Å². The summed E-state index contributed by atoms with van der Waals surface area (Å²) in [6, 6.07) is 8.12. The van der Waals surface area contributed by atoms with E-state index in [9.17, 15) is 13.2 Å². The number of nitrogens with zero attached hydrogens (tertiary/aromatic N) is 1. The molecule has 0 bridgehead atoms. The van der Waals surface area contributed by atoms with Gasteiger partial charge < -0.3 is 9.52 Å². The van der Waals surface area contributed by atoms with Crippen molar-refractivity contribution in [1.29, 1.82) is 0 Å². The molecule has 0 saturated heterocycles. The van der Waals surface area contributed by atoms with Crippen molar-refractivity contribution in [2.24, 2.45) is 0 Å². The monoisotopic (exact) mass is 323 g/mol. The van der Waals surface area contributed by atoms with Crippen LogP contribution in [0.4, 0.5) is 5.69 Å². The number of furan rings is 1. The maximum Gasteiger partial charge on any atom is 0.339 e. The minimum absolute atomic E-state index is 0.206. The zero-order valence-corrected chi connectivity index (χ0v) is 13.3. The summed E-state index contributed by atoms with van der Waals surface area (Å²) in [6.45, 7) is 4.09. The number of aromatic carboxylic acids is 1. The third kappa shape index (κ3) is 2.99. The summed E-state index contributed by atoms with van der Waals surface area (Å²) >= 11 is 0. The van der Waals surface area contributed by atoms with Crippen molar-refractivity contribution in [2.75, 3.05) is 11.4 Å². The van der Waals surface area contributed by atoms with Crippen molar-refractivity contribution in [1.82, 2.24) is 0 Å². The standard InChI is InChI=1S/C15H17NO5S/c1-10(2)11-4-6-13(7-5-11)16(3)22(19,20)14-8-12(9-21-14)15(17)18/h4-10H,1-3H3,(H,17,18). The van der Waals surface area contributed by atoms with Crippen LogP contribution in [0.3, 0.4) is 0 Å². The van der Waals surface area contributed by atoms with Crippen molar-refractivity contribution >= 4 is 21.7 Å². The fourth-order valence-corrected chi connectivity index (χ4v) is 3.02. The molecule has 0 fully saturated rings. The summed E-state index contributed by atoms with van der Waals surface area (Å²) in [7, 11) is -2.54. The minimum Gasteiger partial charge on any atom is -0.478 e. The topological polar surface area (TPSA) is 87.8 Å². The predicted octanol–water partition coefficient (Wildman–Crippen LogP) is 2.93. The highest BCUT2D eigenvalue weighted by Crippen LogP contribution is 2.25. The Morgan fingerprint density at radius 3 is 2.27 bits per heavy atom. The summed E-state index contributed by atoms with van der Waals surface area (Å²) in [5.74, 6) is -0.895. The van der Waals surface area contributed by atoms with E-state index in [1.807, 2.05) is 26.0 Å². The molecule has 0 aliphatic rings. The van der Waals surface area contributed by atoms with Gasteiger partial charge in [0.1, 0.15) is 6.26 Å².